The van der Waals surface area contributed by atoms with E-state index >= 15 is 0 Å². The van der Waals surface area contributed by atoms with E-state index < -0.39 is 27.9 Å². The zero-order valence-electron chi connectivity index (χ0n) is 10.5. The number of sulfone groups is 1. The van der Waals surface area contributed by atoms with Gasteiger partial charge in [-0.05, 0) is 12.8 Å². The molecule has 0 fully saturated rings. The number of alkyl carbamates (subject to hydrolysis) is 1. The number of aldehydes is 1. The molecule has 0 radical (unpaired) electrons. The van der Waals surface area contributed by atoms with Gasteiger partial charge < -0.3 is 20.0 Å². The van der Waals surface area contributed by atoms with Crippen LogP contribution in [0.5, 0.6) is 0 Å². The standard InChI is InChI=1S/C10H17NO7S/c1-19(16,17)7-6-18-10(15)11-8(9(13)14)4-2-3-5-12/h5,8H,2-4,6-7H2,1H3,(H,11,15)(H,13,14). The van der Waals surface area contributed by atoms with Gasteiger partial charge in [-0.2, -0.15) is 0 Å². The van der Waals surface area contributed by atoms with E-state index in [-0.39, 0.29) is 25.2 Å². The minimum Gasteiger partial charge on any atom is -0.480 e. The number of carbonyl (C=O) groups excluding carboxylic acids is 2. The van der Waals surface area contributed by atoms with Crippen molar-refractivity contribution in [2.24, 2.45) is 0 Å². The third-order valence-corrected chi connectivity index (χ3v) is 3.00. The minimum atomic E-state index is -3.24. The summed E-state index contributed by atoms with van der Waals surface area (Å²) < 4.78 is 26.1. The lowest BCUT2D eigenvalue weighted by molar-refractivity contribution is -0.139. The van der Waals surface area contributed by atoms with Crippen LogP contribution in [0.25, 0.3) is 0 Å². The zero-order chi connectivity index (χ0) is 14.9. The van der Waals surface area contributed by atoms with E-state index in [0.29, 0.717) is 12.7 Å². The van der Waals surface area contributed by atoms with Crippen LogP contribution in [0, 0.1) is 0 Å². The smallest absolute Gasteiger partial charge is 0.407 e. The van der Waals surface area contributed by atoms with Crippen LogP contribution in [0.2, 0.25) is 0 Å². The minimum absolute atomic E-state index is 0.0925. The van der Waals surface area contributed by atoms with E-state index in [2.05, 4.69) is 10.1 Å². The van der Waals surface area contributed by atoms with Gasteiger partial charge in [0, 0.05) is 12.7 Å². The first-order valence-electron chi connectivity index (χ1n) is 5.53. The molecule has 2 N–H and O–H groups in total. The van der Waals surface area contributed by atoms with Gasteiger partial charge in [-0.3, -0.25) is 0 Å². The Bertz CT molecular complexity index is 418. The molecule has 0 aliphatic carbocycles. The summed E-state index contributed by atoms with van der Waals surface area (Å²) >= 11 is 0. The number of rotatable bonds is 9. The van der Waals surface area contributed by atoms with Crippen LogP contribution in [0.1, 0.15) is 19.3 Å². The second-order valence-corrected chi connectivity index (χ2v) is 6.16. The Morgan fingerprint density at radius 1 is 1.42 bits per heavy atom. The van der Waals surface area contributed by atoms with Crippen molar-refractivity contribution in [1.82, 2.24) is 5.32 Å². The summed E-state index contributed by atoms with van der Waals surface area (Å²) in [7, 11) is -3.24. The SMILES string of the molecule is CS(=O)(=O)CCOC(=O)NC(CCCC=O)C(=O)O. The van der Waals surface area contributed by atoms with Crippen LogP contribution in [0.3, 0.4) is 0 Å². The van der Waals surface area contributed by atoms with Crippen molar-refractivity contribution in [3.05, 3.63) is 0 Å². The highest BCUT2D eigenvalue weighted by Crippen LogP contribution is 2.00. The van der Waals surface area contributed by atoms with Gasteiger partial charge >= 0.3 is 12.1 Å². The second-order valence-electron chi connectivity index (χ2n) is 3.90. The van der Waals surface area contributed by atoms with Crippen LogP contribution in [0.4, 0.5) is 4.79 Å². The maximum atomic E-state index is 11.2. The van der Waals surface area contributed by atoms with Crippen LogP contribution < -0.4 is 5.32 Å². The Morgan fingerprint density at radius 3 is 2.53 bits per heavy atom. The summed E-state index contributed by atoms with van der Waals surface area (Å²) in [5, 5.41) is 10.9. The van der Waals surface area contributed by atoms with E-state index in [1.165, 1.54) is 0 Å². The quantitative estimate of drug-likeness (QED) is 0.437. The maximum absolute atomic E-state index is 11.2. The number of carbonyl (C=O) groups is 3. The lowest BCUT2D eigenvalue weighted by atomic mass is 10.1. The highest BCUT2D eigenvalue weighted by Gasteiger charge is 2.20. The van der Waals surface area contributed by atoms with Crippen molar-refractivity contribution in [3.8, 4) is 0 Å². The zero-order valence-corrected chi connectivity index (χ0v) is 11.3. The fourth-order valence-electron chi connectivity index (χ4n) is 1.13. The summed E-state index contributed by atoms with van der Waals surface area (Å²) in [5.74, 6) is -1.57. The highest BCUT2D eigenvalue weighted by atomic mass is 32.2. The average molecular weight is 295 g/mol. The molecule has 0 spiro atoms. The van der Waals surface area contributed by atoms with Crippen LogP contribution in [-0.4, -0.2) is 56.5 Å². The van der Waals surface area contributed by atoms with E-state index in [1.807, 2.05) is 0 Å². The number of hydrogen-bond acceptors (Lipinski definition) is 6. The van der Waals surface area contributed by atoms with Crippen LogP contribution in [-0.2, 0) is 24.2 Å². The number of hydrogen-bond donors (Lipinski definition) is 2. The van der Waals surface area contributed by atoms with E-state index in [4.69, 9.17) is 5.11 Å². The predicted octanol–water partition coefficient (Wildman–Crippen LogP) is -0.420. The maximum Gasteiger partial charge on any atom is 0.407 e. The van der Waals surface area contributed by atoms with Crippen molar-refractivity contribution in [1.29, 1.82) is 0 Å². The highest BCUT2D eigenvalue weighted by molar-refractivity contribution is 7.90. The molecule has 1 atom stereocenters. The second kappa shape index (κ2) is 8.46. The average Bonchev–Trinajstić information content (AvgIpc) is 2.26. The predicted molar refractivity (Wildman–Crippen MR) is 65.5 cm³/mol. The van der Waals surface area contributed by atoms with Gasteiger partial charge in [0.1, 0.15) is 18.9 Å². The largest absolute Gasteiger partial charge is 0.480 e. The molecule has 0 rings (SSSR count). The van der Waals surface area contributed by atoms with Gasteiger partial charge in [0.2, 0.25) is 0 Å². The lowest BCUT2D eigenvalue weighted by Gasteiger charge is -2.13. The molecule has 0 heterocycles. The molecule has 0 aliphatic heterocycles. The van der Waals surface area contributed by atoms with Crippen molar-refractivity contribution < 1.29 is 32.6 Å². The Hall–Kier alpha value is -1.64. The van der Waals surface area contributed by atoms with Gasteiger partial charge in [-0.25, -0.2) is 18.0 Å². The molecule has 0 aromatic heterocycles. The first-order chi connectivity index (χ1) is 8.76. The van der Waals surface area contributed by atoms with Gasteiger partial charge in [0.05, 0.1) is 5.75 Å². The molecule has 8 nitrogen and oxygen atoms in total. The molecular weight excluding hydrogens is 278 g/mol. The molecular formula is C10H17NO7S. The Kier molecular flexibility index (Phi) is 7.73. The Morgan fingerprint density at radius 2 is 2.05 bits per heavy atom. The fraction of sp³-hybridized carbons (Fsp3) is 0.700. The Balaban J connectivity index is 4.10. The monoisotopic (exact) mass is 295 g/mol. The molecule has 0 saturated carbocycles. The fourth-order valence-corrected chi connectivity index (χ4v) is 1.52. The number of carboxylic acid groups (broad SMARTS) is 1. The van der Waals surface area contributed by atoms with Gasteiger partial charge in [-0.1, -0.05) is 0 Å². The van der Waals surface area contributed by atoms with Crippen molar-refractivity contribution in [3.63, 3.8) is 0 Å². The summed E-state index contributed by atoms with van der Waals surface area (Å²) in [4.78, 5) is 32.1. The first kappa shape index (κ1) is 17.4. The summed E-state index contributed by atoms with van der Waals surface area (Å²) in [6.45, 7) is -0.342. The number of aliphatic carboxylic acids is 1. The van der Waals surface area contributed by atoms with Crippen LogP contribution in [0.15, 0.2) is 0 Å². The topological polar surface area (TPSA) is 127 Å². The first-order valence-corrected chi connectivity index (χ1v) is 7.59. The van der Waals surface area contributed by atoms with Gasteiger partial charge in [0.25, 0.3) is 0 Å². The third kappa shape index (κ3) is 10.0. The Labute approximate surface area is 111 Å². The summed E-state index contributed by atoms with van der Waals surface area (Å²) in [6.07, 6.45) is 1.27. The molecule has 0 aliphatic rings. The summed E-state index contributed by atoms with van der Waals surface area (Å²) in [5.41, 5.74) is 0. The van der Waals surface area contributed by atoms with Crippen LogP contribution >= 0.6 is 0 Å². The van der Waals surface area contributed by atoms with Crippen molar-refractivity contribution in [2.45, 2.75) is 25.3 Å². The number of unbranched alkanes of at least 4 members (excludes halogenated alkanes) is 1. The van der Waals surface area contributed by atoms with Gasteiger partial charge in [-0.15, -0.1) is 0 Å². The molecule has 1 unspecified atom stereocenters. The number of carboxylic acids is 1. The lowest BCUT2D eigenvalue weighted by Crippen LogP contribution is -2.41. The number of nitrogens with one attached hydrogen (secondary N) is 1. The molecule has 19 heavy (non-hydrogen) atoms. The molecule has 9 heteroatoms. The molecule has 0 saturated heterocycles. The molecule has 110 valence electrons. The van der Waals surface area contributed by atoms with E-state index in [1.54, 1.807) is 0 Å². The van der Waals surface area contributed by atoms with Crippen molar-refractivity contribution in [2.75, 3.05) is 18.6 Å². The number of amides is 1. The van der Waals surface area contributed by atoms with E-state index in [0.717, 1.165) is 6.26 Å². The molecule has 0 aromatic carbocycles. The molecule has 1 amide bonds. The molecule has 0 aromatic rings. The van der Waals surface area contributed by atoms with Crippen molar-refractivity contribution >= 4 is 28.2 Å². The van der Waals surface area contributed by atoms with E-state index in [9.17, 15) is 22.8 Å². The van der Waals surface area contributed by atoms with Gasteiger partial charge in [0.15, 0.2) is 9.84 Å². The molecule has 0 bridgehead atoms. The third-order valence-electron chi connectivity index (χ3n) is 2.09. The summed E-state index contributed by atoms with van der Waals surface area (Å²) in [6, 6.07) is -1.16. The number of ether oxygens (including phenoxy) is 1. The normalized spacial score (nSPS) is 12.5.